The van der Waals surface area contributed by atoms with E-state index < -0.39 is 4.92 Å². The Bertz CT molecular complexity index is 1210. The van der Waals surface area contributed by atoms with E-state index in [4.69, 9.17) is 9.47 Å². The third-order valence-corrected chi connectivity index (χ3v) is 6.54. The second kappa shape index (κ2) is 9.62. The fourth-order valence-electron chi connectivity index (χ4n) is 3.70. The van der Waals surface area contributed by atoms with Crippen molar-refractivity contribution in [1.82, 2.24) is 0 Å². The van der Waals surface area contributed by atoms with Crippen LogP contribution in [0, 0.1) is 21.4 Å². The van der Waals surface area contributed by atoms with Crippen LogP contribution < -0.4 is 9.47 Å². The maximum Gasteiger partial charge on any atom is 0.269 e. The van der Waals surface area contributed by atoms with Gasteiger partial charge in [-0.05, 0) is 61.1 Å². The highest BCUT2D eigenvalue weighted by Gasteiger charge is 2.20. The number of ether oxygens (including phenoxy) is 2. The zero-order valence-electron chi connectivity index (χ0n) is 17.5. The van der Waals surface area contributed by atoms with Gasteiger partial charge in [0, 0.05) is 28.8 Å². The van der Waals surface area contributed by atoms with Crippen molar-refractivity contribution in [2.75, 3.05) is 7.11 Å². The predicted octanol–water partition coefficient (Wildman–Crippen LogP) is 5.74. The number of methoxy groups -OCH3 is 1. The van der Waals surface area contributed by atoms with Gasteiger partial charge in [0.1, 0.15) is 17.7 Å². The minimum atomic E-state index is -0.433. The molecule has 1 aliphatic rings. The number of fused-ring (bicyclic) bond motifs is 1. The lowest BCUT2D eigenvalue weighted by atomic mass is 9.96. The van der Waals surface area contributed by atoms with E-state index >= 15 is 0 Å². The minimum Gasteiger partial charge on any atom is -0.493 e. The van der Waals surface area contributed by atoms with Crippen molar-refractivity contribution in [3.63, 3.8) is 0 Å². The molecule has 0 aliphatic heterocycles. The first-order chi connectivity index (χ1) is 15.6. The van der Waals surface area contributed by atoms with Crippen molar-refractivity contribution in [3.05, 3.63) is 79.7 Å². The Morgan fingerprint density at radius 2 is 2.00 bits per heavy atom. The third-order valence-electron chi connectivity index (χ3n) is 5.35. The van der Waals surface area contributed by atoms with Crippen molar-refractivity contribution in [1.29, 1.82) is 5.26 Å². The number of aliphatic imine (C=N–C) groups is 1. The van der Waals surface area contributed by atoms with Crippen LogP contribution in [0.4, 0.5) is 10.7 Å². The van der Waals surface area contributed by atoms with Gasteiger partial charge in [-0.1, -0.05) is 6.07 Å². The van der Waals surface area contributed by atoms with E-state index in [1.165, 1.54) is 17.0 Å². The highest BCUT2D eigenvalue weighted by molar-refractivity contribution is 7.16. The number of nitro groups is 1. The number of thiophene rings is 1. The molecule has 0 unspecified atom stereocenters. The molecule has 32 heavy (non-hydrogen) atoms. The van der Waals surface area contributed by atoms with Gasteiger partial charge >= 0.3 is 0 Å². The number of nitrogens with zero attached hydrogens (tertiary/aromatic N) is 3. The van der Waals surface area contributed by atoms with Crippen molar-refractivity contribution < 1.29 is 14.4 Å². The smallest absolute Gasteiger partial charge is 0.269 e. The van der Waals surface area contributed by atoms with Gasteiger partial charge in [-0.2, -0.15) is 5.26 Å². The number of nitro benzene ring substituents is 1. The van der Waals surface area contributed by atoms with Crippen LogP contribution in [0.3, 0.4) is 0 Å². The van der Waals surface area contributed by atoms with Gasteiger partial charge in [0.25, 0.3) is 5.69 Å². The molecule has 0 amide bonds. The highest BCUT2D eigenvalue weighted by atomic mass is 32.1. The van der Waals surface area contributed by atoms with Crippen LogP contribution in [0.1, 0.15) is 40.0 Å². The lowest BCUT2D eigenvalue weighted by molar-refractivity contribution is -0.384. The van der Waals surface area contributed by atoms with Crippen LogP contribution in [-0.2, 0) is 19.4 Å². The van der Waals surface area contributed by atoms with Crippen LogP contribution >= 0.6 is 11.3 Å². The van der Waals surface area contributed by atoms with Crippen LogP contribution in [0.15, 0.2) is 47.5 Å². The van der Waals surface area contributed by atoms with Gasteiger partial charge in [-0.15, -0.1) is 11.3 Å². The normalized spacial score (nSPS) is 12.9. The molecule has 1 heterocycles. The molecule has 0 N–H and O–H groups in total. The lowest BCUT2D eigenvalue weighted by Crippen LogP contribution is -2.01. The molecular weight excluding hydrogens is 426 g/mol. The number of hydrogen-bond donors (Lipinski definition) is 0. The molecule has 3 aromatic rings. The molecule has 0 saturated carbocycles. The molecule has 0 bridgehead atoms. The number of para-hydroxylation sites is 1. The number of aryl methyl sites for hydroxylation is 1. The quantitative estimate of drug-likeness (QED) is 0.261. The molecule has 162 valence electrons. The van der Waals surface area contributed by atoms with Gasteiger partial charge in [-0.25, -0.2) is 4.99 Å². The van der Waals surface area contributed by atoms with E-state index in [0.717, 1.165) is 47.4 Å². The summed E-state index contributed by atoms with van der Waals surface area (Å²) in [5.74, 6) is 1.08. The van der Waals surface area contributed by atoms with Crippen molar-refractivity contribution in [2.45, 2.75) is 32.3 Å². The van der Waals surface area contributed by atoms with Gasteiger partial charge in [-0.3, -0.25) is 10.1 Å². The fourth-order valence-corrected chi connectivity index (χ4v) is 4.89. The molecular formula is C24H21N3O4S. The van der Waals surface area contributed by atoms with Gasteiger partial charge in [0.2, 0.25) is 0 Å². The van der Waals surface area contributed by atoms with Gasteiger partial charge in [0.15, 0.2) is 11.5 Å². The standard InChI is InChI=1S/C24H21N3O4S/c1-30-21-7-4-5-17(23(21)31-15-16-9-11-18(12-10-16)27(28)29)14-26-24-20(13-25)19-6-2-3-8-22(19)32-24/h4-5,7,9-12,14H,2-3,6,8,15H2,1H3. The van der Waals surface area contributed by atoms with Crippen LogP contribution in [0.2, 0.25) is 0 Å². The van der Waals surface area contributed by atoms with Gasteiger partial charge < -0.3 is 9.47 Å². The molecule has 1 aromatic heterocycles. The van der Waals surface area contributed by atoms with E-state index in [-0.39, 0.29) is 12.3 Å². The van der Waals surface area contributed by atoms with E-state index in [2.05, 4.69) is 11.1 Å². The summed E-state index contributed by atoms with van der Waals surface area (Å²) in [6.07, 6.45) is 5.90. The lowest BCUT2D eigenvalue weighted by Gasteiger charge is -2.13. The number of rotatable bonds is 7. The maximum absolute atomic E-state index is 10.8. The summed E-state index contributed by atoms with van der Waals surface area (Å²) >= 11 is 1.59. The number of non-ortho nitro benzene ring substituents is 1. The average Bonchev–Trinajstić information content (AvgIpc) is 3.19. The largest absolute Gasteiger partial charge is 0.493 e. The zero-order valence-corrected chi connectivity index (χ0v) is 18.4. The molecule has 0 radical (unpaired) electrons. The molecule has 8 heteroatoms. The number of hydrogen-bond acceptors (Lipinski definition) is 7. The van der Waals surface area contributed by atoms with Crippen LogP contribution in [-0.4, -0.2) is 18.2 Å². The Labute approximate surface area is 189 Å². The Morgan fingerprint density at radius 3 is 2.72 bits per heavy atom. The first-order valence-electron chi connectivity index (χ1n) is 10.2. The minimum absolute atomic E-state index is 0.0332. The van der Waals surface area contributed by atoms with Crippen LogP contribution in [0.25, 0.3) is 0 Å². The Kier molecular flexibility index (Phi) is 6.47. The predicted molar refractivity (Wildman–Crippen MR) is 123 cm³/mol. The topological polar surface area (TPSA) is 97.8 Å². The Morgan fingerprint density at radius 1 is 1.22 bits per heavy atom. The summed E-state index contributed by atoms with van der Waals surface area (Å²) in [5.41, 5.74) is 3.38. The highest BCUT2D eigenvalue weighted by Crippen LogP contribution is 2.39. The van der Waals surface area contributed by atoms with E-state index in [1.54, 1.807) is 42.9 Å². The SMILES string of the molecule is COc1cccc(C=Nc2sc3c(c2C#N)CCCC3)c1OCc1ccc([N+](=O)[O-])cc1. The number of nitriles is 1. The summed E-state index contributed by atoms with van der Waals surface area (Å²) in [6, 6.07) is 14.1. The van der Waals surface area contributed by atoms with Crippen molar-refractivity contribution in [3.8, 4) is 17.6 Å². The molecule has 0 fully saturated rings. The summed E-state index contributed by atoms with van der Waals surface area (Å²) in [7, 11) is 1.57. The second-order valence-electron chi connectivity index (χ2n) is 7.35. The summed E-state index contributed by atoms with van der Waals surface area (Å²) in [5, 5.41) is 21.2. The second-order valence-corrected chi connectivity index (χ2v) is 8.44. The third kappa shape index (κ3) is 4.48. The van der Waals surface area contributed by atoms with Crippen molar-refractivity contribution >= 4 is 28.2 Å². The average molecular weight is 448 g/mol. The molecule has 4 rings (SSSR count). The molecule has 7 nitrogen and oxygen atoms in total. The van der Waals surface area contributed by atoms with E-state index in [9.17, 15) is 15.4 Å². The maximum atomic E-state index is 10.8. The summed E-state index contributed by atoms with van der Waals surface area (Å²) < 4.78 is 11.5. The van der Waals surface area contributed by atoms with Gasteiger partial charge in [0.05, 0.1) is 17.6 Å². The summed E-state index contributed by atoms with van der Waals surface area (Å²) in [4.78, 5) is 16.3. The molecule has 2 aromatic carbocycles. The molecule has 0 spiro atoms. The Balaban J connectivity index is 1.59. The van der Waals surface area contributed by atoms with Crippen LogP contribution in [0.5, 0.6) is 11.5 Å². The van der Waals surface area contributed by atoms with Crippen molar-refractivity contribution in [2.24, 2.45) is 4.99 Å². The first kappa shape index (κ1) is 21.5. The van der Waals surface area contributed by atoms with E-state index in [0.29, 0.717) is 17.1 Å². The van der Waals surface area contributed by atoms with E-state index in [1.807, 2.05) is 12.1 Å². The molecule has 1 aliphatic carbocycles. The Hall–Kier alpha value is -3.70. The monoisotopic (exact) mass is 447 g/mol. The molecule has 0 saturated heterocycles. The zero-order chi connectivity index (χ0) is 22.5. The fraction of sp³-hybridized carbons (Fsp3) is 0.250. The number of benzene rings is 2. The summed E-state index contributed by atoms with van der Waals surface area (Å²) in [6.45, 7) is 0.218. The molecule has 0 atom stereocenters. The first-order valence-corrected chi connectivity index (χ1v) is 11.0.